The highest BCUT2D eigenvalue weighted by Crippen LogP contribution is 2.27. The van der Waals surface area contributed by atoms with Crippen LogP contribution in [0.2, 0.25) is 5.02 Å². The molecular formula is C13H11ClF2N2O. The van der Waals surface area contributed by atoms with Gasteiger partial charge in [0.1, 0.15) is 11.6 Å². The van der Waals surface area contributed by atoms with Gasteiger partial charge in [0, 0.05) is 24.4 Å². The Morgan fingerprint density at radius 3 is 2.79 bits per heavy atom. The largest absolute Gasteiger partial charge is 0.436 e. The van der Waals surface area contributed by atoms with E-state index in [1.54, 1.807) is 13.1 Å². The maximum absolute atomic E-state index is 14.0. The lowest BCUT2D eigenvalue weighted by Gasteiger charge is -2.09. The third-order valence-electron chi connectivity index (χ3n) is 2.41. The first-order chi connectivity index (χ1) is 9.11. The molecule has 0 spiro atoms. The number of hydrogen-bond donors (Lipinski definition) is 1. The minimum atomic E-state index is -0.564. The van der Waals surface area contributed by atoms with E-state index in [2.05, 4.69) is 10.3 Å². The fraction of sp³-hybridized carbons (Fsp3) is 0.154. The van der Waals surface area contributed by atoms with Gasteiger partial charge >= 0.3 is 0 Å². The zero-order valence-corrected chi connectivity index (χ0v) is 10.8. The average Bonchev–Trinajstić information content (AvgIpc) is 2.39. The Morgan fingerprint density at radius 1 is 1.32 bits per heavy atom. The van der Waals surface area contributed by atoms with E-state index in [0.29, 0.717) is 12.1 Å². The van der Waals surface area contributed by atoms with Crippen molar-refractivity contribution < 1.29 is 13.5 Å². The molecule has 0 aliphatic heterocycles. The van der Waals surface area contributed by atoms with Crippen LogP contribution in [0.4, 0.5) is 8.78 Å². The molecule has 6 heteroatoms. The Bertz CT molecular complexity index is 593. The zero-order valence-electron chi connectivity index (χ0n) is 10.1. The summed E-state index contributed by atoms with van der Waals surface area (Å²) in [6.07, 6.45) is 1.44. The molecule has 0 bridgehead atoms. The fourth-order valence-corrected chi connectivity index (χ4v) is 1.68. The van der Waals surface area contributed by atoms with Crippen LogP contribution in [0.1, 0.15) is 5.56 Å². The minimum Gasteiger partial charge on any atom is -0.436 e. The summed E-state index contributed by atoms with van der Waals surface area (Å²) in [5, 5.41) is 2.75. The molecule has 1 N–H and O–H groups in total. The summed E-state index contributed by atoms with van der Waals surface area (Å²) in [5.74, 6) is -1.07. The minimum absolute atomic E-state index is 0.0933. The normalized spacial score (nSPS) is 10.5. The van der Waals surface area contributed by atoms with Gasteiger partial charge < -0.3 is 10.1 Å². The van der Waals surface area contributed by atoms with Gasteiger partial charge in [0.05, 0.1) is 5.02 Å². The molecular weight excluding hydrogens is 274 g/mol. The smallest absolute Gasteiger partial charge is 0.256 e. The van der Waals surface area contributed by atoms with Gasteiger partial charge in [-0.2, -0.15) is 0 Å². The quantitative estimate of drug-likeness (QED) is 0.933. The molecule has 1 heterocycles. The standard InChI is InChI=1S/C13H11ClF2N2O/c1-17-7-8-4-5-18-13(12(8)16)19-9-2-3-11(15)10(14)6-9/h2-6,17H,7H2,1H3. The maximum Gasteiger partial charge on any atom is 0.256 e. The summed E-state index contributed by atoms with van der Waals surface area (Å²) >= 11 is 5.62. The number of ether oxygens (including phenoxy) is 1. The number of pyridine rings is 1. The van der Waals surface area contributed by atoms with Crippen molar-refractivity contribution in [3.63, 3.8) is 0 Å². The van der Waals surface area contributed by atoms with Crippen LogP contribution in [0.25, 0.3) is 0 Å². The molecule has 1 aromatic heterocycles. The van der Waals surface area contributed by atoms with Crippen molar-refractivity contribution >= 4 is 11.6 Å². The second-order valence-electron chi connectivity index (χ2n) is 3.80. The van der Waals surface area contributed by atoms with Crippen LogP contribution in [-0.4, -0.2) is 12.0 Å². The Kier molecular flexibility index (Phi) is 4.29. The van der Waals surface area contributed by atoms with E-state index < -0.39 is 11.6 Å². The first-order valence-corrected chi connectivity index (χ1v) is 5.90. The molecule has 0 saturated heterocycles. The molecule has 0 saturated carbocycles. The van der Waals surface area contributed by atoms with E-state index in [4.69, 9.17) is 16.3 Å². The van der Waals surface area contributed by atoms with Gasteiger partial charge in [-0.05, 0) is 25.2 Å². The lowest BCUT2D eigenvalue weighted by molar-refractivity contribution is 0.417. The van der Waals surface area contributed by atoms with Crippen molar-refractivity contribution in [2.45, 2.75) is 6.54 Å². The van der Waals surface area contributed by atoms with E-state index in [0.717, 1.165) is 6.07 Å². The molecule has 0 fully saturated rings. The van der Waals surface area contributed by atoms with Gasteiger partial charge in [0.2, 0.25) is 0 Å². The number of benzene rings is 1. The Hall–Kier alpha value is -1.72. The summed E-state index contributed by atoms with van der Waals surface area (Å²) in [6.45, 7) is 0.356. The van der Waals surface area contributed by atoms with Crippen LogP contribution in [0.5, 0.6) is 11.6 Å². The molecule has 19 heavy (non-hydrogen) atoms. The van der Waals surface area contributed by atoms with Crippen LogP contribution < -0.4 is 10.1 Å². The lowest BCUT2D eigenvalue weighted by atomic mass is 10.2. The third-order valence-corrected chi connectivity index (χ3v) is 2.70. The van der Waals surface area contributed by atoms with Crippen molar-refractivity contribution in [3.05, 3.63) is 52.7 Å². The highest BCUT2D eigenvalue weighted by atomic mass is 35.5. The first kappa shape index (κ1) is 13.7. The van der Waals surface area contributed by atoms with Gasteiger partial charge in [-0.3, -0.25) is 0 Å². The highest BCUT2D eigenvalue weighted by molar-refractivity contribution is 6.30. The molecule has 2 aromatic rings. The molecule has 3 nitrogen and oxygen atoms in total. The molecule has 2 rings (SSSR count). The van der Waals surface area contributed by atoms with Crippen LogP contribution in [0, 0.1) is 11.6 Å². The number of hydrogen-bond acceptors (Lipinski definition) is 3. The predicted molar refractivity (Wildman–Crippen MR) is 68.4 cm³/mol. The summed E-state index contributed by atoms with van der Waals surface area (Å²) in [4.78, 5) is 3.81. The Labute approximate surface area is 114 Å². The molecule has 0 aliphatic carbocycles. The van der Waals surface area contributed by atoms with Crippen molar-refractivity contribution in [3.8, 4) is 11.6 Å². The van der Waals surface area contributed by atoms with E-state index in [9.17, 15) is 8.78 Å². The van der Waals surface area contributed by atoms with Crippen LogP contribution >= 0.6 is 11.6 Å². The summed E-state index contributed by atoms with van der Waals surface area (Å²) in [6, 6.07) is 5.32. The first-order valence-electron chi connectivity index (χ1n) is 5.52. The third kappa shape index (κ3) is 3.19. The monoisotopic (exact) mass is 284 g/mol. The summed E-state index contributed by atoms with van der Waals surface area (Å²) in [7, 11) is 1.71. The molecule has 100 valence electrons. The van der Waals surface area contributed by atoms with Gasteiger partial charge in [-0.1, -0.05) is 11.6 Å². The summed E-state index contributed by atoms with van der Waals surface area (Å²) < 4.78 is 32.3. The van der Waals surface area contributed by atoms with E-state index in [1.807, 2.05) is 0 Å². The SMILES string of the molecule is CNCc1ccnc(Oc2ccc(F)c(Cl)c2)c1F. The van der Waals surface area contributed by atoms with Crippen molar-refractivity contribution in [1.82, 2.24) is 10.3 Å². The predicted octanol–water partition coefficient (Wildman–Crippen LogP) is 3.52. The topological polar surface area (TPSA) is 34.2 Å². The number of rotatable bonds is 4. The van der Waals surface area contributed by atoms with Gasteiger partial charge in [0.15, 0.2) is 5.82 Å². The summed E-state index contributed by atoms with van der Waals surface area (Å²) in [5.41, 5.74) is 0.431. The number of nitrogens with one attached hydrogen (secondary N) is 1. The Balaban J connectivity index is 2.27. The van der Waals surface area contributed by atoms with E-state index in [-0.39, 0.29) is 16.7 Å². The molecule has 0 amide bonds. The fourth-order valence-electron chi connectivity index (χ4n) is 1.51. The van der Waals surface area contributed by atoms with Gasteiger partial charge in [0.25, 0.3) is 5.88 Å². The second kappa shape index (κ2) is 5.95. The van der Waals surface area contributed by atoms with Crippen LogP contribution in [-0.2, 0) is 6.54 Å². The second-order valence-corrected chi connectivity index (χ2v) is 4.20. The molecule has 1 aromatic carbocycles. The zero-order chi connectivity index (χ0) is 13.8. The average molecular weight is 285 g/mol. The highest BCUT2D eigenvalue weighted by Gasteiger charge is 2.12. The lowest BCUT2D eigenvalue weighted by Crippen LogP contribution is -2.08. The number of nitrogens with zero attached hydrogens (tertiary/aromatic N) is 1. The van der Waals surface area contributed by atoms with Crippen LogP contribution in [0.3, 0.4) is 0 Å². The molecule has 0 unspecified atom stereocenters. The van der Waals surface area contributed by atoms with Gasteiger partial charge in [-0.25, -0.2) is 13.8 Å². The maximum atomic E-state index is 14.0. The Morgan fingerprint density at radius 2 is 2.11 bits per heavy atom. The van der Waals surface area contributed by atoms with E-state index in [1.165, 1.54) is 18.3 Å². The molecule has 0 atom stereocenters. The number of aromatic nitrogens is 1. The van der Waals surface area contributed by atoms with Crippen molar-refractivity contribution in [2.75, 3.05) is 7.05 Å². The number of halogens is 3. The van der Waals surface area contributed by atoms with Gasteiger partial charge in [-0.15, -0.1) is 0 Å². The van der Waals surface area contributed by atoms with Crippen LogP contribution in [0.15, 0.2) is 30.5 Å². The molecule has 0 radical (unpaired) electrons. The van der Waals surface area contributed by atoms with Crippen molar-refractivity contribution in [2.24, 2.45) is 0 Å². The van der Waals surface area contributed by atoms with Crippen molar-refractivity contribution in [1.29, 1.82) is 0 Å². The molecule has 0 aliphatic rings. The van der Waals surface area contributed by atoms with E-state index >= 15 is 0 Å².